The highest BCUT2D eigenvalue weighted by Gasteiger charge is 2.21. The van der Waals surface area contributed by atoms with E-state index in [0.29, 0.717) is 6.42 Å². The summed E-state index contributed by atoms with van der Waals surface area (Å²) in [5.41, 5.74) is -0.771. The molecule has 0 aliphatic rings. The van der Waals surface area contributed by atoms with Crippen LogP contribution >= 0.6 is 12.4 Å². The Balaban J connectivity index is -0.00000264. The van der Waals surface area contributed by atoms with Gasteiger partial charge in [-0.2, -0.15) is 0 Å². The van der Waals surface area contributed by atoms with Gasteiger partial charge < -0.3 is 26.2 Å². The summed E-state index contributed by atoms with van der Waals surface area (Å²) in [6.07, 6.45) is 13.6. The highest BCUT2D eigenvalue weighted by atomic mass is 35.5. The van der Waals surface area contributed by atoms with Gasteiger partial charge in [0.05, 0.1) is 24.9 Å². The molecule has 0 radical (unpaired) electrons. The molecule has 0 heterocycles. The van der Waals surface area contributed by atoms with Crippen LogP contribution in [0.25, 0.3) is 0 Å². The normalized spacial score (nSPS) is 13.6. The highest BCUT2D eigenvalue weighted by molar-refractivity contribution is 5.85. The van der Waals surface area contributed by atoms with Crippen LogP contribution in [0.2, 0.25) is 0 Å². The zero-order chi connectivity index (χ0) is 18.3. The van der Waals surface area contributed by atoms with Crippen molar-refractivity contribution in [1.29, 1.82) is 0 Å². The number of hydrogen-bond donors (Lipinski definition) is 4. The van der Waals surface area contributed by atoms with E-state index < -0.39 is 11.7 Å². The third-order valence-electron chi connectivity index (χ3n) is 4.34. The van der Waals surface area contributed by atoms with E-state index in [1.807, 2.05) is 0 Å². The lowest BCUT2D eigenvalue weighted by Gasteiger charge is -2.26. The molecule has 0 aromatic rings. The zero-order valence-corrected chi connectivity index (χ0v) is 18.2. The Labute approximate surface area is 167 Å². The average molecular weight is 400 g/mol. The first-order chi connectivity index (χ1) is 11.4. The van der Waals surface area contributed by atoms with E-state index in [9.17, 15) is 10.2 Å². The standard InChI is InChI=1S/C20H42O4.ClH.H3N/c1-4-5-6-7-8-9-10-11-12-13-14-19(15-20(2,3)23)24-17-18(22)16-21;;/h18-19,21-23H,4-17H2,1-3H3;1H;1H3. The molecular weight excluding hydrogens is 354 g/mol. The molecule has 0 bridgehead atoms. The molecule has 0 amide bonds. The van der Waals surface area contributed by atoms with Crippen LogP contribution in [-0.4, -0.2) is 46.3 Å². The van der Waals surface area contributed by atoms with Crippen LogP contribution in [0.4, 0.5) is 0 Å². The Hall–Kier alpha value is 0.0900. The second kappa shape index (κ2) is 19.8. The first-order valence-corrected chi connectivity index (χ1v) is 10.0. The van der Waals surface area contributed by atoms with Crippen molar-refractivity contribution in [2.45, 2.75) is 116 Å². The number of ether oxygens (including phenoxy) is 1. The first-order valence-electron chi connectivity index (χ1n) is 10.0. The van der Waals surface area contributed by atoms with Crippen molar-refractivity contribution in [1.82, 2.24) is 6.15 Å². The molecule has 0 saturated heterocycles. The predicted octanol–water partition coefficient (Wildman–Crippen LogP) is 4.78. The lowest BCUT2D eigenvalue weighted by molar-refractivity contribution is -0.0619. The third kappa shape index (κ3) is 22.1. The van der Waals surface area contributed by atoms with Gasteiger partial charge in [0.1, 0.15) is 6.10 Å². The molecule has 26 heavy (non-hydrogen) atoms. The van der Waals surface area contributed by atoms with Crippen molar-refractivity contribution in [2.75, 3.05) is 13.2 Å². The van der Waals surface area contributed by atoms with Crippen molar-refractivity contribution in [3.05, 3.63) is 0 Å². The summed E-state index contributed by atoms with van der Waals surface area (Å²) >= 11 is 0. The van der Waals surface area contributed by atoms with Gasteiger partial charge in [-0.05, 0) is 20.3 Å². The largest absolute Gasteiger partial charge is 0.394 e. The van der Waals surface area contributed by atoms with E-state index in [0.717, 1.165) is 12.8 Å². The summed E-state index contributed by atoms with van der Waals surface area (Å²) in [7, 11) is 0. The van der Waals surface area contributed by atoms with Gasteiger partial charge in [-0.1, -0.05) is 71.1 Å². The maximum absolute atomic E-state index is 9.98. The van der Waals surface area contributed by atoms with E-state index in [1.165, 1.54) is 57.8 Å². The molecule has 6 N–H and O–H groups in total. The molecule has 0 aliphatic heterocycles. The Morgan fingerprint density at radius 3 is 1.77 bits per heavy atom. The molecule has 0 saturated carbocycles. The van der Waals surface area contributed by atoms with Crippen molar-refractivity contribution < 1.29 is 20.1 Å². The molecule has 2 unspecified atom stereocenters. The van der Waals surface area contributed by atoms with Gasteiger partial charge in [-0.3, -0.25) is 0 Å². The van der Waals surface area contributed by atoms with Crippen molar-refractivity contribution in [3.63, 3.8) is 0 Å². The monoisotopic (exact) mass is 399 g/mol. The Bertz CT molecular complexity index is 275. The lowest BCUT2D eigenvalue weighted by atomic mass is 9.96. The van der Waals surface area contributed by atoms with E-state index in [4.69, 9.17) is 9.84 Å². The second-order valence-corrected chi connectivity index (χ2v) is 7.78. The van der Waals surface area contributed by atoms with Crippen molar-refractivity contribution in [2.24, 2.45) is 0 Å². The number of rotatable bonds is 17. The average Bonchev–Trinajstić information content (AvgIpc) is 2.52. The van der Waals surface area contributed by atoms with Gasteiger partial charge in [0, 0.05) is 6.42 Å². The molecule has 6 heteroatoms. The maximum Gasteiger partial charge on any atom is 0.100 e. The van der Waals surface area contributed by atoms with Gasteiger partial charge in [-0.15, -0.1) is 12.4 Å². The topological polar surface area (TPSA) is 105 Å². The van der Waals surface area contributed by atoms with E-state index in [2.05, 4.69) is 6.92 Å². The van der Waals surface area contributed by atoms with E-state index in [-0.39, 0.29) is 37.9 Å². The fourth-order valence-electron chi connectivity index (χ4n) is 2.96. The molecular formula is C20H46ClNO4. The smallest absolute Gasteiger partial charge is 0.100 e. The van der Waals surface area contributed by atoms with E-state index in [1.54, 1.807) is 13.8 Å². The molecule has 0 aromatic carbocycles. The number of hydrogen-bond acceptors (Lipinski definition) is 5. The van der Waals surface area contributed by atoms with Gasteiger partial charge in [0.2, 0.25) is 0 Å². The van der Waals surface area contributed by atoms with Gasteiger partial charge in [0.25, 0.3) is 0 Å². The Kier molecular flexibility index (Phi) is 23.5. The fourth-order valence-corrected chi connectivity index (χ4v) is 2.96. The van der Waals surface area contributed by atoms with Crippen LogP contribution in [0.5, 0.6) is 0 Å². The Morgan fingerprint density at radius 1 is 0.885 bits per heavy atom. The van der Waals surface area contributed by atoms with Crippen LogP contribution in [0.3, 0.4) is 0 Å². The summed E-state index contributed by atoms with van der Waals surface area (Å²) in [6, 6.07) is 0. The van der Waals surface area contributed by atoms with Crippen molar-refractivity contribution >= 4 is 12.4 Å². The number of halogens is 1. The molecule has 0 aliphatic carbocycles. The number of unbranched alkanes of at least 4 members (excludes halogenated alkanes) is 9. The molecule has 2 atom stereocenters. The zero-order valence-electron chi connectivity index (χ0n) is 17.4. The summed E-state index contributed by atoms with van der Waals surface area (Å²) in [5.74, 6) is 0. The first kappa shape index (κ1) is 30.8. The SMILES string of the molecule is CCCCCCCCCCCCC(CC(C)(C)O)OCC(O)CO.Cl.N. The highest BCUT2D eigenvalue weighted by Crippen LogP contribution is 2.19. The maximum atomic E-state index is 9.98. The summed E-state index contributed by atoms with van der Waals surface area (Å²) in [5, 5.41) is 28.3. The molecule has 5 nitrogen and oxygen atoms in total. The van der Waals surface area contributed by atoms with Gasteiger partial charge >= 0.3 is 0 Å². The number of aliphatic hydroxyl groups is 3. The summed E-state index contributed by atoms with van der Waals surface area (Å²) in [4.78, 5) is 0. The molecule has 0 spiro atoms. The third-order valence-corrected chi connectivity index (χ3v) is 4.34. The minimum Gasteiger partial charge on any atom is -0.394 e. The fraction of sp³-hybridized carbons (Fsp3) is 1.00. The molecule has 162 valence electrons. The van der Waals surface area contributed by atoms with Crippen LogP contribution in [-0.2, 0) is 4.74 Å². The Morgan fingerprint density at radius 2 is 1.35 bits per heavy atom. The quantitative estimate of drug-likeness (QED) is 0.263. The van der Waals surface area contributed by atoms with E-state index >= 15 is 0 Å². The summed E-state index contributed by atoms with van der Waals surface area (Å²) < 4.78 is 5.68. The van der Waals surface area contributed by atoms with Crippen LogP contribution in [0.1, 0.15) is 97.8 Å². The molecule has 0 rings (SSSR count). The second-order valence-electron chi connectivity index (χ2n) is 7.78. The van der Waals surface area contributed by atoms with Gasteiger partial charge in [0.15, 0.2) is 0 Å². The van der Waals surface area contributed by atoms with Crippen molar-refractivity contribution in [3.8, 4) is 0 Å². The minimum atomic E-state index is -0.831. The van der Waals surface area contributed by atoms with Crippen LogP contribution in [0.15, 0.2) is 0 Å². The number of aliphatic hydroxyl groups excluding tert-OH is 2. The lowest BCUT2D eigenvalue weighted by Crippen LogP contribution is -2.31. The van der Waals surface area contributed by atoms with Crippen LogP contribution < -0.4 is 6.15 Å². The molecule has 0 fully saturated rings. The van der Waals surface area contributed by atoms with Gasteiger partial charge in [-0.25, -0.2) is 0 Å². The van der Waals surface area contributed by atoms with Crippen LogP contribution in [0, 0.1) is 0 Å². The minimum absolute atomic E-state index is 0. The molecule has 0 aromatic heterocycles. The predicted molar refractivity (Wildman–Crippen MR) is 112 cm³/mol. The summed E-state index contributed by atoms with van der Waals surface area (Å²) in [6.45, 7) is 5.66.